The van der Waals surface area contributed by atoms with Crippen molar-refractivity contribution in [3.8, 4) is 0 Å². The van der Waals surface area contributed by atoms with Crippen LogP contribution >= 0.6 is 0 Å². The van der Waals surface area contributed by atoms with Gasteiger partial charge < -0.3 is 9.73 Å². The van der Waals surface area contributed by atoms with Crippen molar-refractivity contribution in [3.05, 3.63) is 99.5 Å². The van der Waals surface area contributed by atoms with E-state index in [0.29, 0.717) is 17.8 Å². The molecule has 3 heterocycles. The van der Waals surface area contributed by atoms with Gasteiger partial charge in [-0.3, -0.25) is 14.2 Å². The predicted octanol–water partition coefficient (Wildman–Crippen LogP) is 3.23. The van der Waals surface area contributed by atoms with E-state index in [1.165, 1.54) is 10.8 Å². The molecule has 0 saturated heterocycles. The van der Waals surface area contributed by atoms with Gasteiger partial charge in [0.05, 0.1) is 30.4 Å². The first-order chi connectivity index (χ1) is 15.5. The summed E-state index contributed by atoms with van der Waals surface area (Å²) in [6.07, 6.45) is 1.54. The largest absolute Gasteiger partial charge is 0.467 e. The van der Waals surface area contributed by atoms with Gasteiger partial charge in [-0.2, -0.15) is 4.98 Å². The average molecular weight is 427 g/mol. The second-order valence-corrected chi connectivity index (χ2v) is 7.80. The number of amides is 1. The first-order valence-electron chi connectivity index (χ1n) is 10.3. The Bertz CT molecular complexity index is 1500. The Morgan fingerprint density at radius 3 is 2.56 bits per heavy atom. The maximum Gasteiger partial charge on any atom is 0.296 e. The van der Waals surface area contributed by atoms with Gasteiger partial charge in [0.15, 0.2) is 0 Å². The van der Waals surface area contributed by atoms with Gasteiger partial charge in [-0.1, -0.05) is 35.9 Å². The lowest BCUT2D eigenvalue weighted by molar-refractivity contribution is 0.0938. The topological polar surface area (TPSA) is 94.4 Å². The van der Waals surface area contributed by atoms with E-state index >= 15 is 0 Å². The predicted molar refractivity (Wildman–Crippen MR) is 120 cm³/mol. The summed E-state index contributed by atoms with van der Waals surface area (Å²) in [5.41, 5.74) is 4.41. The normalized spacial score (nSPS) is 11.3. The van der Waals surface area contributed by atoms with E-state index in [1.54, 1.807) is 16.7 Å². The van der Waals surface area contributed by atoms with Crippen LogP contribution in [0.1, 0.15) is 33.1 Å². The fraction of sp³-hybridized carbons (Fsp3) is 0.167. The van der Waals surface area contributed by atoms with Crippen LogP contribution in [0.2, 0.25) is 0 Å². The molecule has 5 rings (SSSR count). The van der Waals surface area contributed by atoms with Crippen LogP contribution in [0, 0.1) is 13.8 Å². The van der Waals surface area contributed by atoms with Crippen molar-refractivity contribution >= 4 is 22.6 Å². The number of carbonyl (C=O) groups is 1. The lowest BCUT2D eigenvalue weighted by atomic mass is 10.1. The molecular formula is C24H21N5O3. The number of aryl methyl sites for hydroxylation is 2. The van der Waals surface area contributed by atoms with E-state index in [4.69, 9.17) is 4.42 Å². The van der Waals surface area contributed by atoms with Crippen LogP contribution in [0.15, 0.2) is 70.1 Å². The summed E-state index contributed by atoms with van der Waals surface area (Å²) >= 11 is 0. The van der Waals surface area contributed by atoms with Crippen LogP contribution in [0.5, 0.6) is 0 Å². The molecule has 0 aliphatic carbocycles. The van der Waals surface area contributed by atoms with Gasteiger partial charge >= 0.3 is 0 Å². The molecule has 3 aromatic heterocycles. The summed E-state index contributed by atoms with van der Waals surface area (Å²) in [5, 5.41) is 7.06. The van der Waals surface area contributed by atoms with E-state index in [9.17, 15) is 9.59 Å². The minimum absolute atomic E-state index is 0.0661. The SMILES string of the molecule is Cc1ccc(Cn2c(=O)c3nc(C(=O)NCc4ccco4)nn3c3ccc(C)cc32)cc1. The molecule has 8 nitrogen and oxygen atoms in total. The molecule has 0 atom stereocenters. The van der Waals surface area contributed by atoms with Crippen LogP contribution in [0.3, 0.4) is 0 Å². The number of benzene rings is 2. The van der Waals surface area contributed by atoms with Gasteiger partial charge in [-0.05, 0) is 49.2 Å². The van der Waals surface area contributed by atoms with Gasteiger partial charge in [0.1, 0.15) is 5.76 Å². The van der Waals surface area contributed by atoms with Crippen molar-refractivity contribution in [1.82, 2.24) is 24.5 Å². The van der Waals surface area contributed by atoms with Gasteiger partial charge in [0.25, 0.3) is 11.5 Å². The maximum atomic E-state index is 13.4. The number of aromatic nitrogens is 4. The molecule has 0 aliphatic rings. The Morgan fingerprint density at radius 2 is 1.81 bits per heavy atom. The van der Waals surface area contributed by atoms with Crippen molar-refractivity contribution in [2.75, 3.05) is 0 Å². The molecule has 32 heavy (non-hydrogen) atoms. The molecule has 0 radical (unpaired) electrons. The molecule has 0 bridgehead atoms. The van der Waals surface area contributed by atoms with Gasteiger partial charge in [0, 0.05) is 0 Å². The third-order valence-corrected chi connectivity index (χ3v) is 5.36. The molecule has 160 valence electrons. The quantitative estimate of drug-likeness (QED) is 0.465. The maximum absolute atomic E-state index is 13.4. The number of nitrogens with one attached hydrogen (secondary N) is 1. The molecule has 0 spiro atoms. The molecule has 5 aromatic rings. The van der Waals surface area contributed by atoms with Crippen LogP contribution < -0.4 is 10.9 Å². The zero-order valence-electron chi connectivity index (χ0n) is 17.7. The number of rotatable bonds is 5. The highest BCUT2D eigenvalue weighted by atomic mass is 16.3. The fourth-order valence-electron chi connectivity index (χ4n) is 3.67. The molecular weight excluding hydrogens is 406 g/mol. The number of fused-ring (bicyclic) bond motifs is 3. The average Bonchev–Trinajstić information content (AvgIpc) is 3.46. The van der Waals surface area contributed by atoms with E-state index < -0.39 is 5.91 Å². The van der Waals surface area contributed by atoms with E-state index in [0.717, 1.165) is 22.2 Å². The molecule has 8 heteroatoms. The Kier molecular flexibility index (Phi) is 4.82. The monoisotopic (exact) mass is 427 g/mol. The van der Waals surface area contributed by atoms with Crippen molar-refractivity contribution in [1.29, 1.82) is 0 Å². The third kappa shape index (κ3) is 3.56. The smallest absolute Gasteiger partial charge is 0.296 e. The Morgan fingerprint density at radius 1 is 1.03 bits per heavy atom. The van der Waals surface area contributed by atoms with Crippen molar-refractivity contribution in [2.24, 2.45) is 0 Å². The lowest BCUT2D eigenvalue weighted by Crippen LogP contribution is -2.24. The summed E-state index contributed by atoms with van der Waals surface area (Å²) in [4.78, 5) is 30.3. The van der Waals surface area contributed by atoms with Gasteiger partial charge in [0.2, 0.25) is 11.5 Å². The first-order valence-corrected chi connectivity index (χ1v) is 10.3. The second kappa shape index (κ2) is 7.81. The van der Waals surface area contributed by atoms with Gasteiger partial charge in [-0.15, -0.1) is 5.10 Å². The molecule has 0 fully saturated rings. The summed E-state index contributed by atoms with van der Waals surface area (Å²) in [6, 6.07) is 17.3. The number of furan rings is 1. The minimum Gasteiger partial charge on any atom is -0.467 e. The zero-order chi connectivity index (χ0) is 22.2. The molecule has 0 saturated carbocycles. The van der Waals surface area contributed by atoms with Crippen LogP contribution in [-0.2, 0) is 13.1 Å². The molecule has 0 unspecified atom stereocenters. The minimum atomic E-state index is -0.477. The standard InChI is InChI=1S/C24H21N5O3/c1-15-5-8-17(9-6-15)14-28-20-12-16(2)7-10-19(20)29-22(24(28)31)26-21(27-29)23(30)25-13-18-4-3-11-32-18/h3-12H,13-14H2,1-2H3,(H,25,30). The van der Waals surface area contributed by atoms with Crippen LogP contribution in [0.25, 0.3) is 16.7 Å². The molecule has 0 aliphatic heterocycles. The Balaban J connectivity index is 1.60. The lowest BCUT2D eigenvalue weighted by Gasteiger charge is -2.12. The summed E-state index contributed by atoms with van der Waals surface area (Å²) < 4.78 is 8.36. The van der Waals surface area contributed by atoms with E-state index in [2.05, 4.69) is 15.4 Å². The number of nitrogens with zero attached hydrogens (tertiary/aromatic N) is 4. The highest BCUT2D eigenvalue weighted by molar-refractivity contribution is 5.91. The molecule has 1 amide bonds. The number of hydrogen-bond acceptors (Lipinski definition) is 5. The zero-order valence-corrected chi connectivity index (χ0v) is 17.7. The van der Waals surface area contributed by atoms with E-state index in [-0.39, 0.29) is 23.6 Å². The highest BCUT2D eigenvalue weighted by Gasteiger charge is 2.19. The fourth-order valence-corrected chi connectivity index (χ4v) is 3.67. The van der Waals surface area contributed by atoms with Crippen molar-refractivity contribution in [3.63, 3.8) is 0 Å². The Hall–Kier alpha value is -4.20. The number of carbonyl (C=O) groups excluding carboxylic acids is 1. The number of hydrogen-bond donors (Lipinski definition) is 1. The van der Waals surface area contributed by atoms with Crippen molar-refractivity contribution in [2.45, 2.75) is 26.9 Å². The van der Waals surface area contributed by atoms with Gasteiger partial charge in [-0.25, -0.2) is 4.52 Å². The molecule has 2 aromatic carbocycles. The summed E-state index contributed by atoms with van der Waals surface area (Å²) in [7, 11) is 0. The van der Waals surface area contributed by atoms with Crippen LogP contribution in [-0.4, -0.2) is 25.1 Å². The summed E-state index contributed by atoms with van der Waals surface area (Å²) in [5.74, 6) is 0.0713. The van der Waals surface area contributed by atoms with Crippen LogP contribution in [0.4, 0.5) is 0 Å². The third-order valence-electron chi connectivity index (χ3n) is 5.36. The summed E-state index contributed by atoms with van der Waals surface area (Å²) in [6.45, 7) is 4.59. The Labute approximate surface area is 183 Å². The molecule has 1 N–H and O–H groups in total. The first kappa shape index (κ1) is 19.7. The highest BCUT2D eigenvalue weighted by Crippen LogP contribution is 2.17. The van der Waals surface area contributed by atoms with E-state index in [1.807, 2.05) is 56.3 Å². The van der Waals surface area contributed by atoms with Crippen molar-refractivity contribution < 1.29 is 9.21 Å². The second-order valence-electron chi connectivity index (χ2n) is 7.80.